The summed E-state index contributed by atoms with van der Waals surface area (Å²) in [6, 6.07) is 0.844. The van der Waals surface area contributed by atoms with Gasteiger partial charge in [0, 0.05) is 6.07 Å². The SMILES string of the molecule is COc1c(C(F)F)cc(N)nc1[N+](=O)[O-]. The molecule has 2 N–H and O–H groups in total. The van der Waals surface area contributed by atoms with Crippen molar-refractivity contribution in [2.24, 2.45) is 0 Å². The fourth-order valence-corrected chi connectivity index (χ4v) is 1.05. The summed E-state index contributed by atoms with van der Waals surface area (Å²) in [6.45, 7) is 0. The molecule has 0 aliphatic heterocycles. The maximum Gasteiger partial charge on any atom is 0.408 e. The van der Waals surface area contributed by atoms with Crippen molar-refractivity contribution in [3.05, 3.63) is 21.7 Å². The van der Waals surface area contributed by atoms with Gasteiger partial charge in [0.25, 0.3) is 6.43 Å². The van der Waals surface area contributed by atoms with E-state index in [1.807, 2.05) is 0 Å². The van der Waals surface area contributed by atoms with Crippen molar-refractivity contribution in [2.45, 2.75) is 6.43 Å². The fraction of sp³-hybridized carbons (Fsp3) is 0.286. The van der Waals surface area contributed by atoms with E-state index in [4.69, 9.17) is 5.73 Å². The maximum absolute atomic E-state index is 12.5. The molecule has 0 aromatic carbocycles. The Kier molecular flexibility index (Phi) is 2.98. The lowest BCUT2D eigenvalue weighted by molar-refractivity contribution is -0.390. The summed E-state index contributed by atoms with van der Waals surface area (Å²) in [5.41, 5.74) is 4.51. The highest BCUT2D eigenvalue weighted by atomic mass is 19.3. The predicted octanol–water partition coefficient (Wildman–Crippen LogP) is 1.52. The molecule has 0 amide bonds. The van der Waals surface area contributed by atoms with Crippen LogP contribution >= 0.6 is 0 Å². The molecule has 0 aliphatic carbocycles. The van der Waals surface area contributed by atoms with Crippen LogP contribution in [0.15, 0.2) is 6.07 Å². The number of alkyl halides is 2. The third-order valence-corrected chi connectivity index (χ3v) is 1.62. The minimum absolute atomic E-state index is 0.349. The van der Waals surface area contributed by atoms with Crippen LogP contribution in [0.4, 0.5) is 20.4 Å². The number of hydrogen-bond donors (Lipinski definition) is 1. The lowest BCUT2D eigenvalue weighted by Crippen LogP contribution is -2.04. The molecule has 1 heterocycles. The van der Waals surface area contributed by atoms with Crippen molar-refractivity contribution >= 4 is 11.6 Å². The summed E-state index contributed by atoms with van der Waals surface area (Å²) >= 11 is 0. The van der Waals surface area contributed by atoms with Crippen LogP contribution in [-0.4, -0.2) is 17.0 Å². The number of nitrogen functional groups attached to an aromatic ring is 1. The second-order valence-corrected chi connectivity index (χ2v) is 2.55. The van der Waals surface area contributed by atoms with Gasteiger partial charge in [-0.3, -0.25) is 0 Å². The number of pyridine rings is 1. The van der Waals surface area contributed by atoms with Crippen LogP contribution in [0.2, 0.25) is 0 Å². The van der Waals surface area contributed by atoms with Gasteiger partial charge in [-0.15, -0.1) is 0 Å². The molecule has 0 radical (unpaired) electrons. The zero-order valence-electron chi connectivity index (χ0n) is 7.61. The first-order valence-corrected chi connectivity index (χ1v) is 3.74. The maximum atomic E-state index is 12.5. The Morgan fingerprint density at radius 3 is 2.67 bits per heavy atom. The van der Waals surface area contributed by atoms with Crippen molar-refractivity contribution < 1.29 is 18.4 Å². The van der Waals surface area contributed by atoms with E-state index >= 15 is 0 Å². The van der Waals surface area contributed by atoms with Crippen LogP contribution in [0.3, 0.4) is 0 Å². The first kappa shape index (κ1) is 11.1. The Morgan fingerprint density at radius 2 is 2.27 bits per heavy atom. The Bertz CT molecular complexity index is 397. The monoisotopic (exact) mass is 219 g/mol. The van der Waals surface area contributed by atoms with Crippen LogP contribution in [-0.2, 0) is 0 Å². The molecule has 82 valence electrons. The molecule has 0 saturated heterocycles. The fourth-order valence-electron chi connectivity index (χ4n) is 1.05. The van der Waals surface area contributed by atoms with E-state index in [9.17, 15) is 18.9 Å². The van der Waals surface area contributed by atoms with Crippen molar-refractivity contribution in [3.63, 3.8) is 0 Å². The molecule has 0 bridgehead atoms. The van der Waals surface area contributed by atoms with E-state index in [-0.39, 0.29) is 5.82 Å². The number of anilines is 1. The topological polar surface area (TPSA) is 91.3 Å². The molecule has 1 aromatic heterocycles. The van der Waals surface area contributed by atoms with Gasteiger partial charge in [-0.05, 0) is 9.91 Å². The van der Waals surface area contributed by atoms with Gasteiger partial charge in [-0.25, -0.2) is 8.78 Å². The van der Waals surface area contributed by atoms with Crippen LogP contribution < -0.4 is 10.5 Å². The molecule has 6 nitrogen and oxygen atoms in total. The third kappa shape index (κ3) is 2.09. The first-order chi connectivity index (χ1) is 6.97. The number of rotatable bonds is 3. The van der Waals surface area contributed by atoms with Gasteiger partial charge in [-0.1, -0.05) is 0 Å². The minimum Gasteiger partial charge on any atom is -0.489 e. The smallest absolute Gasteiger partial charge is 0.408 e. The molecule has 15 heavy (non-hydrogen) atoms. The Balaban J connectivity index is 3.45. The number of nitrogens with zero attached hydrogens (tertiary/aromatic N) is 2. The third-order valence-electron chi connectivity index (χ3n) is 1.62. The van der Waals surface area contributed by atoms with Crippen molar-refractivity contribution in [3.8, 4) is 5.75 Å². The molecule has 0 unspecified atom stereocenters. The average molecular weight is 219 g/mol. The minimum atomic E-state index is -2.91. The van der Waals surface area contributed by atoms with Gasteiger partial charge in [0.1, 0.15) is 0 Å². The first-order valence-electron chi connectivity index (χ1n) is 3.74. The largest absolute Gasteiger partial charge is 0.489 e. The van der Waals surface area contributed by atoms with Crippen LogP contribution in [0.5, 0.6) is 5.75 Å². The quantitative estimate of drug-likeness (QED) is 0.614. The zero-order chi connectivity index (χ0) is 11.6. The summed E-state index contributed by atoms with van der Waals surface area (Å²) in [6.07, 6.45) is -2.91. The Labute approximate surface area is 82.8 Å². The molecule has 0 atom stereocenters. The standard InChI is InChI=1S/C7H7F2N3O3/c1-15-5-3(6(8)9)2-4(10)11-7(5)12(13)14/h2,6H,1H3,(H2,10,11). The molecule has 0 spiro atoms. The highest BCUT2D eigenvalue weighted by Gasteiger charge is 2.27. The van der Waals surface area contributed by atoms with Gasteiger partial charge in [0.2, 0.25) is 11.6 Å². The van der Waals surface area contributed by atoms with Gasteiger partial charge in [0.05, 0.1) is 12.7 Å². The summed E-state index contributed by atoms with van der Waals surface area (Å²) in [5, 5.41) is 10.5. The number of nitro groups is 1. The molecular weight excluding hydrogens is 212 g/mol. The van der Waals surface area contributed by atoms with E-state index in [2.05, 4.69) is 9.72 Å². The van der Waals surface area contributed by atoms with Gasteiger partial charge >= 0.3 is 5.82 Å². The van der Waals surface area contributed by atoms with Gasteiger partial charge in [0.15, 0.2) is 0 Å². The summed E-state index contributed by atoms with van der Waals surface area (Å²) in [4.78, 5) is 12.8. The number of ether oxygens (including phenoxy) is 1. The molecule has 0 saturated carbocycles. The number of hydrogen-bond acceptors (Lipinski definition) is 5. The second-order valence-electron chi connectivity index (χ2n) is 2.55. The summed E-state index contributed by atoms with van der Waals surface area (Å²) in [7, 11) is 1.05. The van der Waals surface area contributed by atoms with Crippen LogP contribution in [0.1, 0.15) is 12.0 Å². The Hall–Kier alpha value is -1.99. The average Bonchev–Trinajstić information content (AvgIpc) is 2.16. The van der Waals surface area contributed by atoms with Crippen molar-refractivity contribution in [1.82, 2.24) is 4.98 Å². The van der Waals surface area contributed by atoms with Gasteiger partial charge in [-0.2, -0.15) is 0 Å². The van der Waals surface area contributed by atoms with Gasteiger partial charge < -0.3 is 20.6 Å². The van der Waals surface area contributed by atoms with E-state index < -0.39 is 28.5 Å². The molecule has 0 aliphatic rings. The molecule has 1 aromatic rings. The van der Waals surface area contributed by atoms with E-state index in [0.29, 0.717) is 0 Å². The number of aromatic nitrogens is 1. The molecule has 8 heteroatoms. The highest BCUT2D eigenvalue weighted by Crippen LogP contribution is 2.36. The van der Waals surface area contributed by atoms with E-state index in [1.54, 1.807) is 0 Å². The number of halogens is 2. The lowest BCUT2D eigenvalue weighted by Gasteiger charge is -2.07. The predicted molar refractivity (Wildman–Crippen MR) is 46.8 cm³/mol. The van der Waals surface area contributed by atoms with Crippen LogP contribution in [0, 0.1) is 10.1 Å². The number of methoxy groups -OCH3 is 1. The summed E-state index contributed by atoms with van der Waals surface area (Å²) < 4.78 is 29.4. The van der Waals surface area contributed by atoms with E-state index in [0.717, 1.165) is 13.2 Å². The van der Waals surface area contributed by atoms with Crippen molar-refractivity contribution in [2.75, 3.05) is 12.8 Å². The highest BCUT2D eigenvalue weighted by molar-refractivity contribution is 5.53. The van der Waals surface area contributed by atoms with Crippen molar-refractivity contribution in [1.29, 1.82) is 0 Å². The summed E-state index contributed by atoms with van der Waals surface area (Å²) in [5.74, 6) is -1.73. The van der Waals surface area contributed by atoms with E-state index in [1.165, 1.54) is 0 Å². The Morgan fingerprint density at radius 1 is 1.67 bits per heavy atom. The van der Waals surface area contributed by atoms with Crippen LogP contribution in [0.25, 0.3) is 0 Å². The number of nitrogens with two attached hydrogens (primary N) is 1. The molecular formula is C7H7F2N3O3. The molecule has 1 rings (SSSR count). The molecule has 0 fully saturated rings. The lowest BCUT2D eigenvalue weighted by atomic mass is 10.2. The normalized spacial score (nSPS) is 10.4. The zero-order valence-corrected chi connectivity index (χ0v) is 7.61. The second kappa shape index (κ2) is 4.03.